The summed E-state index contributed by atoms with van der Waals surface area (Å²) in [5.41, 5.74) is 0.884. The highest BCUT2D eigenvalue weighted by molar-refractivity contribution is 8.00. The molecule has 0 radical (unpaired) electrons. The molecule has 3 amide bonds. The van der Waals surface area contributed by atoms with Crippen LogP contribution in [0.15, 0.2) is 11.1 Å². The number of urea groups is 1. The second-order valence-corrected chi connectivity index (χ2v) is 6.70. The number of hydrogen-bond donors (Lipinski definition) is 1. The van der Waals surface area contributed by atoms with Crippen molar-refractivity contribution in [2.24, 2.45) is 0 Å². The Hall–Kier alpha value is -1.63. The van der Waals surface area contributed by atoms with Crippen LogP contribution in [0.25, 0.3) is 0 Å². The first-order valence-electron chi connectivity index (χ1n) is 7.00. The predicted molar refractivity (Wildman–Crippen MR) is 81.3 cm³/mol. The number of carbonyl (C=O) groups is 2. The first-order chi connectivity index (χ1) is 9.88. The Bertz CT molecular complexity index is 562. The zero-order valence-corrected chi connectivity index (χ0v) is 13.5. The van der Waals surface area contributed by atoms with Gasteiger partial charge in [0.05, 0.1) is 5.25 Å². The maximum absolute atomic E-state index is 12.3. The molecule has 1 aromatic rings. The standard InChI is InChI=1S/C14H20N4O2S/c1-8(2)12-16-9(3)7-11(17-12)21-10(4)13(19)18-6-5-15-14(18)20/h7-8,10H,5-6H2,1-4H3,(H,15,20). The number of aromatic nitrogens is 2. The van der Waals surface area contributed by atoms with Crippen molar-refractivity contribution in [2.45, 2.75) is 43.9 Å². The highest BCUT2D eigenvalue weighted by atomic mass is 32.2. The van der Waals surface area contributed by atoms with Crippen molar-refractivity contribution < 1.29 is 9.59 Å². The lowest BCUT2D eigenvalue weighted by atomic mass is 10.2. The topological polar surface area (TPSA) is 75.2 Å². The number of hydrogen-bond acceptors (Lipinski definition) is 5. The van der Waals surface area contributed by atoms with Crippen LogP contribution in [0.1, 0.15) is 38.2 Å². The fourth-order valence-electron chi connectivity index (χ4n) is 2.01. The lowest BCUT2D eigenvalue weighted by molar-refractivity contribution is -0.126. The number of aryl methyl sites for hydroxylation is 1. The number of imide groups is 1. The monoisotopic (exact) mass is 308 g/mol. The fourth-order valence-corrected chi connectivity index (χ4v) is 2.99. The van der Waals surface area contributed by atoms with E-state index in [1.54, 1.807) is 6.92 Å². The van der Waals surface area contributed by atoms with Crippen LogP contribution in [0, 0.1) is 6.92 Å². The SMILES string of the molecule is Cc1cc(SC(C)C(=O)N2CCNC2=O)nc(C(C)C)n1. The Balaban J connectivity index is 2.10. The van der Waals surface area contributed by atoms with E-state index in [-0.39, 0.29) is 23.1 Å². The molecule has 7 heteroatoms. The van der Waals surface area contributed by atoms with Crippen LogP contribution in [-0.4, -0.2) is 45.1 Å². The Morgan fingerprint density at radius 2 is 2.10 bits per heavy atom. The van der Waals surface area contributed by atoms with Crippen molar-refractivity contribution in [3.8, 4) is 0 Å². The van der Waals surface area contributed by atoms with Gasteiger partial charge in [-0.3, -0.25) is 9.69 Å². The third kappa shape index (κ3) is 3.72. The van der Waals surface area contributed by atoms with Gasteiger partial charge < -0.3 is 5.32 Å². The van der Waals surface area contributed by atoms with Gasteiger partial charge in [0.1, 0.15) is 10.9 Å². The summed E-state index contributed by atoms with van der Waals surface area (Å²) < 4.78 is 0. The van der Waals surface area contributed by atoms with Gasteiger partial charge in [0.2, 0.25) is 5.91 Å². The second kappa shape index (κ2) is 6.43. The molecule has 1 atom stereocenters. The highest BCUT2D eigenvalue weighted by Gasteiger charge is 2.30. The summed E-state index contributed by atoms with van der Waals surface area (Å²) in [5.74, 6) is 0.827. The largest absolute Gasteiger partial charge is 0.336 e. The number of nitrogens with one attached hydrogen (secondary N) is 1. The number of thioether (sulfide) groups is 1. The highest BCUT2D eigenvalue weighted by Crippen LogP contribution is 2.25. The average Bonchev–Trinajstić information content (AvgIpc) is 2.83. The average molecular weight is 308 g/mol. The van der Waals surface area contributed by atoms with Crippen molar-refractivity contribution >= 4 is 23.7 Å². The van der Waals surface area contributed by atoms with Crippen LogP contribution in [0.5, 0.6) is 0 Å². The van der Waals surface area contributed by atoms with E-state index in [0.717, 1.165) is 16.5 Å². The summed E-state index contributed by atoms with van der Waals surface area (Å²) in [6.07, 6.45) is 0. The minimum absolute atomic E-state index is 0.183. The van der Waals surface area contributed by atoms with Crippen molar-refractivity contribution in [3.63, 3.8) is 0 Å². The van der Waals surface area contributed by atoms with Crippen LogP contribution < -0.4 is 5.32 Å². The van der Waals surface area contributed by atoms with E-state index in [1.807, 2.05) is 26.8 Å². The van der Waals surface area contributed by atoms with Gasteiger partial charge in [-0.1, -0.05) is 25.6 Å². The summed E-state index contributed by atoms with van der Waals surface area (Å²) >= 11 is 1.36. The summed E-state index contributed by atoms with van der Waals surface area (Å²) in [7, 11) is 0. The molecule has 1 fully saturated rings. The molecule has 2 rings (SSSR count). The van der Waals surface area contributed by atoms with E-state index in [4.69, 9.17) is 0 Å². The van der Waals surface area contributed by atoms with Gasteiger partial charge in [0.15, 0.2) is 0 Å². The zero-order chi connectivity index (χ0) is 15.6. The van der Waals surface area contributed by atoms with E-state index >= 15 is 0 Å². The Kier molecular flexibility index (Phi) is 4.82. The number of nitrogens with zero attached hydrogens (tertiary/aromatic N) is 3. The molecule has 6 nitrogen and oxygen atoms in total. The van der Waals surface area contributed by atoms with Gasteiger partial charge in [-0.2, -0.15) is 0 Å². The molecule has 1 aliphatic rings. The van der Waals surface area contributed by atoms with Crippen LogP contribution in [0.3, 0.4) is 0 Å². The van der Waals surface area contributed by atoms with Crippen molar-refractivity contribution in [1.82, 2.24) is 20.2 Å². The van der Waals surface area contributed by atoms with Gasteiger partial charge in [0, 0.05) is 24.7 Å². The van der Waals surface area contributed by atoms with Gasteiger partial charge in [-0.05, 0) is 19.9 Å². The summed E-state index contributed by atoms with van der Waals surface area (Å²) in [6.45, 7) is 8.73. The van der Waals surface area contributed by atoms with Crippen LogP contribution in [-0.2, 0) is 4.79 Å². The molecule has 1 N–H and O–H groups in total. The first kappa shape index (κ1) is 15.8. The molecule has 1 unspecified atom stereocenters. The Labute approximate surface area is 128 Å². The molecule has 0 aromatic carbocycles. The molecule has 1 aromatic heterocycles. The Morgan fingerprint density at radius 1 is 1.38 bits per heavy atom. The molecule has 0 bridgehead atoms. The predicted octanol–water partition coefficient (Wildman–Crippen LogP) is 1.94. The third-order valence-electron chi connectivity index (χ3n) is 3.13. The van der Waals surface area contributed by atoms with Crippen LogP contribution in [0.2, 0.25) is 0 Å². The van der Waals surface area contributed by atoms with Crippen molar-refractivity contribution in [1.29, 1.82) is 0 Å². The zero-order valence-electron chi connectivity index (χ0n) is 12.7. The van der Waals surface area contributed by atoms with Gasteiger partial charge >= 0.3 is 6.03 Å². The van der Waals surface area contributed by atoms with Crippen molar-refractivity contribution in [2.75, 3.05) is 13.1 Å². The molecule has 0 aliphatic carbocycles. The molecule has 1 saturated heterocycles. The second-order valence-electron chi connectivity index (χ2n) is 5.34. The lowest BCUT2D eigenvalue weighted by Gasteiger charge is -2.17. The molecular formula is C14H20N4O2S. The number of carbonyl (C=O) groups excluding carboxylic acids is 2. The quantitative estimate of drug-likeness (QED) is 0.679. The fraction of sp³-hybridized carbons (Fsp3) is 0.571. The summed E-state index contributed by atoms with van der Waals surface area (Å²) in [6, 6.07) is 1.55. The van der Waals surface area contributed by atoms with E-state index in [9.17, 15) is 9.59 Å². The first-order valence-corrected chi connectivity index (χ1v) is 7.88. The van der Waals surface area contributed by atoms with Gasteiger partial charge in [-0.25, -0.2) is 14.8 Å². The summed E-state index contributed by atoms with van der Waals surface area (Å²) in [4.78, 5) is 33.9. The molecule has 2 heterocycles. The third-order valence-corrected chi connectivity index (χ3v) is 4.14. The van der Waals surface area contributed by atoms with E-state index < -0.39 is 0 Å². The van der Waals surface area contributed by atoms with Crippen LogP contribution >= 0.6 is 11.8 Å². The van der Waals surface area contributed by atoms with E-state index in [0.29, 0.717) is 13.1 Å². The van der Waals surface area contributed by atoms with Gasteiger partial charge in [-0.15, -0.1) is 0 Å². The van der Waals surface area contributed by atoms with E-state index in [1.165, 1.54) is 16.7 Å². The minimum atomic E-state index is -0.358. The molecule has 114 valence electrons. The molecule has 0 spiro atoms. The summed E-state index contributed by atoms with van der Waals surface area (Å²) in [5, 5.41) is 3.05. The maximum atomic E-state index is 12.3. The normalized spacial score (nSPS) is 16.2. The van der Waals surface area contributed by atoms with Crippen molar-refractivity contribution in [3.05, 3.63) is 17.6 Å². The smallest absolute Gasteiger partial charge is 0.324 e. The minimum Gasteiger partial charge on any atom is -0.336 e. The lowest BCUT2D eigenvalue weighted by Crippen LogP contribution is -2.38. The van der Waals surface area contributed by atoms with Crippen LogP contribution in [0.4, 0.5) is 4.79 Å². The molecule has 21 heavy (non-hydrogen) atoms. The number of amides is 3. The molecule has 1 aliphatic heterocycles. The Morgan fingerprint density at radius 3 is 2.67 bits per heavy atom. The molecular weight excluding hydrogens is 288 g/mol. The van der Waals surface area contributed by atoms with Gasteiger partial charge in [0.25, 0.3) is 0 Å². The maximum Gasteiger partial charge on any atom is 0.324 e. The van der Waals surface area contributed by atoms with E-state index in [2.05, 4.69) is 15.3 Å². The number of rotatable bonds is 4. The molecule has 0 saturated carbocycles.